The monoisotopic (exact) mass is 606 g/mol. The molecule has 6 heteroatoms. The van der Waals surface area contributed by atoms with Gasteiger partial charge in [0.15, 0.2) is 0 Å². The highest BCUT2D eigenvalue weighted by atomic mass is 16.5. The second-order valence-corrected chi connectivity index (χ2v) is 12.8. The van der Waals surface area contributed by atoms with Crippen molar-refractivity contribution in [3.8, 4) is 0 Å². The number of aliphatic hydroxyl groups is 2. The summed E-state index contributed by atoms with van der Waals surface area (Å²) in [5.41, 5.74) is 2.89. The lowest BCUT2D eigenvalue weighted by atomic mass is 9.77. The van der Waals surface area contributed by atoms with Crippen LogP contribution in [0, 0.1) is 17.8 Å². The number of carbonyl (C=O) groups excluding carboxylic acids is 2. The fraction of sp³-hybridized carbons (Fsp3) is 0.579. The summed E-state index contributed by atoms with van der Waals surface area (Å²) in [6.07, 6.45) is 16.6. The Balaban J connectivity index is 1.36. The van der Waals surface area contributed by atoms with Gasteiger partial charge < -0.3 is 19.7 Å². The first-order valence-corrected chi connectivity index (χ1v) is 16.8. The van der Waals surface area contributed by atoms with Crippen LogP contribution in [0.2, 0.25) is 0 Å². The first kappa shape index (κ1) is 35.5. The van der Waals surface area contributed by atoms with E-state index in [1.54, 1.807) is 0 Å². The maximum Gasteiger partial charge on any atom is 0.335 e. The number of carbonyl (C=O) groups is 2. The maximum atomic E-state index is 11.9. The van der Waals surface area contributed by atoms with E-state index in [1.165, 1.54) is 86.1 Å². The minimum absolute atomic E-state index is 0.00568. The summed E-state index contributed by atoms with van der Waals surface area (Å²) >= 11 is 0. The van der Waals surface area contributed by atoms with Crippen molar-refractivity contribution in [2.24, 2.45) is 17.8 Å². The molecule has 0 radical (unpaired) electrons. The molecule has 0 aliphatic heterocycles. The van der Waals surface area contributed by atoms with Crippen molar-refractivity contribution in [1.29, 1.82) is 0 Å². The maximum absolute atomic E-state index is 11.9. The van der Waals surface area contributed by atoms with Crippen LogP contribution in [0.4, 0.5) is 0 Å². The van der Waals surface area contributed by atoms with Crippen LogP contribution < -0.4 is 0 Å². The second-order valence-electron chi connectivity index (χ2n) is 12.8. The molecule has 2 aromatic rings. The van der Waals surface area contributed by atoms with Gasteiger partial charge in [-0.15, -0.1) is 0 Å². The third kappa shape index (κ3) is 12.2. The molecule has 242 valence electrons. The zero-order chi connectivity index (χ0) is 31.7. The predicted octanol–water partition coefficient (Wildman–Crippen LogP) is 7.67. The predicted molar refractivity (Wildman–Crippen MR) is 177 cm³/mol. The van der Waals surface area contributed by atoms with Gasteiger partial charge in [0.2, 0.25) is 0 Å². The third-order valence-corrected chi connectivity index (χ3v) is 9.18. The molecule has 44 heavy (non-hydrogen) atoms. The van der Waals surface area contributed by atoms with Gasteiger partial charge in [-0.3, -0.25) is 0 Å². The Hall–Kier alpha value is -2.96. The van der Waals surface area contributed by atoms with Crippen LogP contribution in [0.15, 0.2) is 60.7 Å². The third-order valence-electron chi connectivity index (χ3n) is 9.18. The molecule has 0 unspecified atom stereocenters. The molecule has 1 fully saturated rings. The van der Waals surface area contributed by atoms with Gasteiger partial charge in [0.05, 0.1) is 37.6 Å². The van der Waals surface area contributed by atoms with Gasteiger partial charge in [0, 0.05) is 5.92 Å². The van der Waals surface area contributed by atoms with E-state index in [1.807, 2.05) is 0 Å². The quantitative estimate of drug-likeness (QED) is 0.0913. The number of esters is 2. The van der Waals surface area contributed by atoms with E-state index in [4.69, 9.17) is 19.7 Å². The zero-order valence-electron chi connectivity index (χ0n) is 26.9. The van der Waals surface area contributed by atoms with Crippen molar-refractivity contribution in [3.05, 3.63) is 71.8 Å². The van der Waals surface area contributed by atoms with Gasteiger partial charge in [-0.25, -0.2) is 9.59 Å². The van der Waals surface area contributed by atoms with Crippen LogP contribution in [0.3, 0.4) is 0 Å². The zero-order valence-corrected chi connectivity index (χ0v) is 26.9. The number of rotatable bonds is 20. The highest BCUT2D eigenvalue weighted by Crippen LogP contribution is 2.34. The number of fused-ring (bicyclic) bond motifs is 1. The van der Waals surface area contributed by atoms with Crippen molar-refractivity contribution in [1.82, 2.24) is 0 Å². The molecule has 6 nitrogen and oxygen atoms in total. The first-order valence-electron chi connectivity index (χ1n) is 16.8. The molecule has 0 heterocycles. The van der Waals surface area contributed by atoms with Crippen molar-refractivity contribution in [3.63, 3.8) is 0 Å². The minimum atomic E-state index is -0.646. The number of hydrogen-bond acceptors (Lipinski definition) is 6. The second kappa shape index (κ2) is 19.4. The van der Waals surface area contributed by atoms with Crippen molar-refractivity contribution in [2.45, 2.75) is 96.8 Å². The average Bonchev–Trinajstić information content (AvgIpc) is 3.05. The van der Waals surface area contributed by atoms with E-state index in [2.05, 4.69) is 56.5 Å². The van der Waals surface area contributed by atoms with Crippen molar-refractivity contribution < 1.29 is 29.3 Å². The summed E-state index contributed by atoms with van der Waals surface area (Å²) in [4.78, 5) is 23.9. The first-order chi connectivity index (χ1) is 21.3. The van der Waals surface area contributed by atoms with Gasteiger partial charge in [-0.05, 0) is 65.8 Å². The number of aliphatic hydroxyl groups excluding tert-OH is 2. The summed E-state index contributed by atoms with van der Waals surface area (Å²) in [6.45, 7) is 8.49. The lowest BCUT2D eigenvalue weighted by Crippen LogP contribution is -2.23. The molecule has 0 spiro atoms. The number of unbranched alkanes of at least 4 members (excludes halogenated alkanes) is 3. The van der Waals surface area contributed by atoms with Crippen LogP contribution in [-0.4, -0.2) is 48.6 Å². The van der Waals surface area contributed by atoms with Gasteiger partial charge in [0.1, 0.15) is 0 Å². The highest BCUT2D eigenvalue weighted by molar-refractivity contribution is 5.88. The van der Waals surface area contributed by atoms with E-state index in [0.717, 1.165) is 37.5 Å². The standard InChI is InChI=1S/C38H54O6/c1-4-5-6-10-32-18-20-36-23-33(19-21-35(36)22-32)17-16-31-14-12-30(13-15-31)9-7-8-11-34(26-43-37(41)28(2)24-39)27-44-38(42)29(3)25-40/h18-23,30-31,34,39-40H,2-17,24-27H2,1H3. The molecule has 2 aromatic carbocycles. The van der Waals surface area contributed by atoms with Crippen LogP contribution >= 0.6 is 0 Å². The average molecular weight is 607 g/mol. The molecule has 1 aliphatic carbocycles. The Labute approximate surface area is 264 Å². The van der Waals surface area contributed by atoms with Crippen LogP contribution in [0.1, 0.15) is 95.1 Å². The van der Waals surface area contributed by atoms with E-state index in [9.17, 15) is 9.59 Å². The molecule has 0 atom stereocenters. The van der Waals surface area contributed by atoms with Crippen molar-refractivity contribution >= 4 is 22.7 Å². The molecule has 0 bridgehead atoms. The molecule has 1 saturated carbocycles. The normalized spacial score (nSPS) is 16.6. The van der Waals surface area contributed by atoms with Crippen molar-refractivity contribution in [2.75, 3.05) is 26.4 Å². The van der Waals surface area contributed by atoms with E-state index >= 15 is 0 Å². The lowest BCUT2D eigenvalue weighted by molar-refractivity contribution is -0.144. The minimum Gasteiger partial charge on any atom is -0.462 e. The fourth-order valence-electron chi connectivity index (χ4n) is 6.22. The molecule has 0 saturated heterocycles. The Kier molecular flexibility index (Phi) is 15.7. The summed E-state index contributed by atoms with van der Waals surface area (Å²) in [5.74, 6) is 0.104. The van der Waals surface area contributed by atoms with E-state index < -0.39 is 25.2 Å². The topological polar surface area (TPSA) is 93.1 Å². The molecule has 1 aliphatic rings. The smallest absolute Gasteiger partial charge is 0.335 e. The Morgan fingerprint density at radius 3 is 1.80 bits per heavy atom. The fourth-order valence-corrected chi connectivity index (χ4v) is 6.22. The number of hydrogen-bond donors (Lipinski definition) is 2. The van der Waals surface area contributed by atoms with Crippen LogP contribution in [-0.2, 0) is 31.9 Å². The molecule has 0 amide bonds. The SMILES string of the molecule is C=C(CO)C(=O)OCC(CCCCC1CCC(CCc2ccc3cc(CCCCC)ccc3c2)CC1)COC(=O)C(=C)CO. The van der Waals surface area contributed by atoms with Crippen LogP contribution in [0.25, 0.3) is 10.8 Å². The molecular formula is C38H54O6. The van der Waals surface area contributed by atoms with Gasteiger partial charge in [-0.2, -0.15) is 0 Å². The largest absolute Gasteiger partial charge is 0.462 e. The Morgan fingerprint density at radius 1 is 0.750 bits per heavy atom. The van der Waals surface area contributed by atoms with Gasteiger partial charge >= 0.3 is 11.9 Å². The molecule has 3 rings (SSSR count). The number of aryl methyl sites for hydroxylation is 2. The summed E-state index contributed by atoms with van der Waals surface area (Å²) in [6, 6.07) is 14.0. The number of ether oxygens (including phenoxy) is 2. The van der Waals surface area contributed by atoms with Crippen LogP contribution in [0.5, 0.6) is 0 Å². The molecule has 0 aromatic heterocycles. The Bertz CT molecular complexity index is 1180. The summed E-state index contributed by atoms with van der Waals surface area (Å²) in [7, 11) is 0. The lowest BCUT2D eigenvalue weighted by Gasteiger charge is -2.28. The summed E-state index contributed by atoms with van der Waals surface area (Å²) in [5, 5.41) is 20.9. The Morgan fingerprint density at radius 2 is 1.27 bits per heavy atom. The van der Waals surface area contributed by atoms with E-state index in [-0.39, 0.29) is 30.3 Å². The molecular weight excluding hydrogens is 552 g/mol. The molecule has 2 N–H and O–H groups in total. The number of benzene rings is 2. The van der Waals surface area contributed by atoms with E-state index in [0.29, 0.717) is 0 Å². The highest BCUT2D eigenvalue weighted by Gasteiger charge is 2.22. The van der Waals surface area contributed by atoms with Gasteiger partial charge in [-0.1, -0.05) is 114 Å². The van der Waals surface area contributed by atoms with Gasteiger partial charge in [0.25, 0.3) is 0 Å². The summed E-state index contributed by atoms with van der Waals surface area (Å²) < 4.78 is 10.5.